The molecule has 0 spiro atoms. The van der Waals surface area contributed by atoms with Gasteiger partial charge < -0.3 is 14.2 Å². The third-order valence-corrected chi connectivity index (χ3v) is 4.73. The number of rotatable bonds is 6. The molecule has 8 heteroatoms. The first-order chi connectivity index (χ1) is 13.5. The third kappa shape index (κ3) is 4.40. The van der Waals surface area contributed by atoms with E-state index in [2.05, 4.69) is 11.9 Å². The zero-order valence-corrected chi connectivity index (χ0v) is 16.4. The van der Waals surface area contributed by atoms with Crippen molar-refractivity contribution in [2.45, 2.75) is 25.6 Å². The number of benzene rings is 1. The predicted molar refractivity (Wildman–Crippen MR) is 108 cm³/mol. The number of thiocarbonyl (C=S) groups is 1. The van der Waals surface area contributed by atoms with Crippen LogP contribution in [0.1, 0.15) is 24.8 Å². The average molecular weight is 402 g/mol. The molecular formula is C20H22N2O5S. The lowest BCUT2D eigenvalue weighted by Gasteiger charge is -2.28. The smallest absolute Gasteiger partial charge is 0.265 e. The Kier molecular flexibility index (Phi) is 6.43. The van der Waals surface area contributed by atoms with Crippen LogP contribution in [-0.2, 0) is 14.3 Å². The van der Waals surface area contributed by atoms with Crippen LogP contribution >= 0.6 is 12.2 Å². The Balaban J connectivity index is 1.85. The summed E-state index contributed by atoms with van der Waals surface area (Å²) in [6, 6.07) is 5.20. The van der Waals surface area contributed by atoms with Crippen LogP contribution in [0.25, 0.3) is 6.08 Å². The molecule has 0 radical (unpaired) electrons. The van der Waals surface area contributed by atoms with Crippen molar-refractivity contribution in [3.8, 4) is 11.5 Å². The first-order valence-electron chi connectivity index (χ1n) is 8.99. The second-order valence-corrected chi connectivity index (χ2v) is 6.73. The molecule has 2 heterocycles. The molecule has 0 saturated carbocycles. The summed E-state index contributed by atoms with van der Waals surface area (Å²) in [6.07, 6.45) is 5.68. The normalized spacial score (nSPS) is 21.5. The highest BCUT2D eigenvalue weighted by atomic mass is 32.1. The van der Waals surface area contributed by atoms with Gasteiger partial charge in [-0.15, -0.1) is 6.58 Å². The highest BCUT2D eigenvalue weighted by molar-refractivity contribution is 7.80. The number of ether oxygens (including phenoxy) is 3. The van der Waals surface area contributed by atoms with Gasteiger partial charge in [0.25, 0.3) is 11.8 Å². The van der Waals surface area contributed by atoms with Gasteiger partial charge >= 0.3 is 0 Å². The lowest BCUT2D eigenvalue weighted by Crippen LogP contribution is -2.53. The number of methoxy groups -OCH3 is 1. The van der Waals surface area contributed by atoms with E-state index in [1.807, 2.05) is 0 Å². The van der Waals surface area contributed by atoms with Crippen LogP contribution in [0.3, 0.4) is 0 Å². The molecule has 2 aliphatic heterocycles. The molecule has 0 aromatic heterocycles. The van der Waals surface area contributed by atoms with Gasteiger partial charge in [-0.25, -0.2) is 0 Å². The van der Waals surface area contributed by atoms with Crippen LogP contribution < -0.4 is 14.8 Å². The van der Waals surface area contributed by atoms with Crippen molar-refractivity contribution >= 4 is 35.2 Å². The Hall–Kier alpha value is -2.71. The molecule has 3 rings (SSSR count). The minimum atomic E-state index is -0.548. The zero-order chi connectivity index (χ0) is 20.1. The fourth-order valence-corrected chi connectivity index (χ4v) is 3.23. The fourth-order valence-electron chi connectivity index (χ4n) is 2.98. The van der Waals surface area contributed by atoms with Gasteiger partial charge in [0, 0.05) is 24.6 Å². The molecule has 0 bridgehead atoms. The summed E-state index contributed by atoms with van der Waals surface area (Å²) < 4.78 is 16.8. The van der Waals surface area contributed by atoms with Crippen molar-refractivity contribution in [2.75, 3.05) is 20.3 Å². The molecule has 1 N–H and O–H groups in total. The number of nitrogens with one attached hydrogen (secondary N) is 1. The number of hydrogen-bond acceptors (Lipinski definition) is 6. The van der Waals surface area contributed by atoms with Gasteiger partial charge in [-0.05, 0) is 43.3 Å². The van der Waals surface area contributed by atoms with Crippen molar-refractivity contribution in [1.29, 1.82) is 0 Å². The zero-order valence-electron chi connectivity index (χ0n) is 15.6. The van der Waals surface area contributed by atoms with Crippen molar-refractivity contribution in [1.82, 2.24) is 10.2 Å². The molecule has 1 aromatic rings. The van der Waals surface area contributed by atoms with E-state index in [4.69, 9.17) is 26.4 Å². The quantitative estimate of drug-likeness (QED) is 0.341. The summed E-state index contributed by atoms with van der Waals surface area (Å²) >= 11 is 5.05. The molecule has 2 saturated heterocycles. The second kappa shape index (κ2) is 8.99. The van der Waals surface area contributed by atoms with E-state index in [1.165, 1.54) is 18.1 Å². The SMILES string of the molecule is C=CCN1C(=O)C(=Cc2ccc(OC3CCCCO3)cc2OC)C(=O)NC1=S. The Morgan fingerprint density at radius 1 is 1.39 bits per heavy atom. The molecule has 2 aliphatic rings. The first kappa shape index (κ1) is 20.0. The van der Waals surface area contributed by atoms with Crippen molar-refractivity contribution in [3.05, 3.63) is 42.0 Å². The number of carbonyl (C=O) groups is 2. The van der Waals surface area contributed by atoms with Crippen LogP contribution in [0.15, 0.2) is 36.4 Å². The average Bonchev–Trinajstić information content (AvgIpc) is 2.70. The monoisotopic (exact) mass is 402 g/mol. The van der Waals surface area contributed by atoms with Crippen molar-refractivity contribution in [2.24, 2.45) is 0 Å². The van der Waals surface area contributed by atoms with E-state index in [-0.39, 0.29) is 23.5 Å². The summed E-state index contributed by atoms with van der Waals surface area (Å²) in [5.74, 6) is 0.0459. The van der Waals surface area contributed by atoms with E-state index in [1.54, 1.807) is 24.3 Å². The number of nitrogens with zero attached hydrogens (tertiary/aromatic N) is 1. The summed E-state index contributed by atoms with van der Waals surface area (Å²) in [4.78, 5) is 26.2. The minimum Gasteiger partial charge on any atom is -0.496 e. The molecule has 28 heavy (non-hydrogen) atoms. The predicted octanol–water partition coefficient (Wildman–Crippen LogP) is 2.41. The summed E-state index contributed by atoms with van der Waals surface area (Å²) in [6.45, 7) is 4.50. The number of carbonyl (C=O) groups excluding carboxylic acids is 2. The van der Waals surface area contributed by atoms with Crippen LogP contribution in [0.2, 0.25) is 0 Å². The molecule has 7 nitrogen and oxygen atoms in total. The summed E-state index contributed by atoms with van der Waals surface area (Å²) in [5, 5.41) is 2.58. The lowest BCUT2D eigenvalue weighted by molar-refractivity contribution is -0.128. The molecule has 1 aromatic carbocycles. The van der Waals surface area contributed by atoms with E-state index in [0.717, 1.165) is 19.3 Å². The third-order valence-electron chi connectivity index (χ3n) is 4.41. The van der Waals surface area contributed by atoms with Crippen molar-refractivity contribution < 1.29 is 23.8 Å². The van der Waals surface area contributed by atoms with Gasteiger partial charge in [0.15, 0.2) is 11.4 Å². The second-order valence-electron chi connectivity index (χ2n) is 6.34. The standard InChI is InChI=1S/C20H22N2O5S/c1-3-9-22-19(24)15(18(23)21-20(22)28)11-13-7-8-14(12-16(13)25-2)27-17-6-4-5-10-26-17/h3,7-8,11-12,17H,1,4-6,9-10H2,2H3,(H,21,23,28). The molecule has 1 unspecified atom stereocenters. The molecule has 148 valence electrons. The largest absolute Gasteiger partial charge is 0.496 e. The van der Waals surface area contributed by atoms with E-state index < -0.39 is 11.8 Å². The summed E-state index contributed by atoms with van der Waals surface area (Å²) in [5.41, 5.74) is 0.544. The Bertz CT molecular complexity index is 830. The number of amides is 2. The highest BCUT2D eigenvalue weighted by Gasteiger charge is 2.32. The molecular weight excluding hydrogens is 380 g/mol. The van der Waals surface area contributed by atoms with Gasteiger partial charge in [-0.2, -0.15) is 0 Å². The van der Waals surface area contributed by atoms with Crippen molar-refractivity contribution in [3.63, 3.8) is 0 Å². The minimum absolute atomic E-state index is 0.0296. The Labute approximate surface area is 168 Å². The maximum atomic E-state index is 12.6. The van der Waals surface area contributed by atoms with Gasteiger partial charge in [-0.3, -0.25) is 19.8 Å². The molecule has 2 fully saturated rings. The fraction of sp³-hybridized carbons (Fsp3) is 0.350. The van der Waals surface area contributed by atoms with Gasteiger partial charge in [0.2, 0.25) is 0 Å². The first-order valence-corrected chi connectivity index (χ1v) is 9.40. The number of hydrogen-bond donors (Lipinski definition) is 1. The van der Waals surface area contributed by atoms with Crippen LogP contribution in [0, 0.1) is 0 Å². The van der Waals surface area contributed by atoms with Crippen LogP contribution in [0.5, 0.6) is 11.5 Å². The lowest BCUT2D eigenvalue weighted by atomic mass is 10.1. The van der Waals surface area contributed by atoms with Crippen LogP contribution in [0.4, 0.5) is 0 Å². The maximum Gasteiger partial charge on any atom is 0.265 e. The molecule has 0 aliphatic carbocycles. The summed E-state index contributed by atoms with van der Waals surface area (Å²) in [7, 11) is 1.51. The van der Waals surface area contributed by atoms with Gasteiger partial charge in [0.1, 0.15) is 17.1 Å². The van der Waals surface area contributed by atoms with E-state index >= 15 is 0 Å². The molecule has 1 atom stereocenters. The van der Waals surface area contributed by atoms with Gasteiger partial charge in [-0.1, -0.05) is 6.08 Å². The van der Waals surface area contributed by atoms with E-state index in [9.17, 15) is 9.59 Å². The molecule has 2 amide bonds. The Morgan fingerprint density at radius 3 is 2.89 bits per heavy atom. The Morgan fingerprint density at radius 2 is 2.21 bits per heavy atom. The highest BCUT2D eigenvalue weighted by Crippen LogP contribution is 2.29. The van der Waals surface area contributed by atoms with Crippen LogP contribution in [-0.4, -0.2) is 48.4 Å². The topological polar surface area (TPSA) is 77.1 Å². The van der Waals surface area contributed by atoms with E-state index in [0.29, 0.717) is 23.7 Å². The maximum absolute atomic E-state index is 12.6. The van der Waals surface area contributed by atoms with Gasteiger partial charge in [0.05, 0.1) is 13.7 Å².